The van der Waals surface area contributed by atoms with Crippen molar-refractivity contribution < 1.29 is 41.4 Å². The fourth-order valence-corrected chi connectivity index (χ4v) is 10.1. The van der Waals surface area contributed by atoms with Gasteiger partial charge in [0.1, 0.15) is 58.3 Å². The van der Waals surface area contributed by atoms with Gasteiger partial charge in [0.25, 0.3) is 5.91 Å². The molecular formula is C51H54Cl2F2N4O7. The van der Waals surface area contributed by atoms with Crippen LogP contribution in [-0.4, -0.2) is 109 Å². The molecule has 66 heavy (non-hydrogen) atoms. The third-order valence-corrected chi connectivity index (χ3v) is 13.9. The molecule has 6 aromatic rings. The zero-order valence-corrected chi connectivity index (χ0v) is 39.3. The fourth-order valence-electron chi connectivity index (χ4n) is 9.65. The van der Waals surface area contributed by atoms with Gasteiger partial charge in [-0.25, -0.2) is 13.6 Å². The van der Waals surface area contributed by atoms with Crippen LogP contribution in [0, 0.1) is 11.6 Å². The lowest BCUT2D eigenvalue weighted by Crippen LogP contribution is -2.52. The molecule has 0 aliphatic carbocycles. The molecule has 3 fully saturated rings. The molecule has 11 nitrogen and oxygen atoms in total. The van der Waals surface area contributed by atoms with Crippen molar-refractivity contribution in [2.45, 2.75) is 83.7 Å². The number of piperidine rings is 2. The number of hydrogen-bond acceptors (Lipinski definition) is 9. The number of ether oxygens (including phenoxy) is 3. The van der Waals surface area contributed by atoms with Crippen molar-refractivity contribution >= 4 is 57.1 Å². The predicted octanol–water partition coefficient (Wildman–Crippen LogP) is 11.9. The Labute approximate surface area is 393 Å². The van der Waals surface area contributed by atoms with Crippen molar-refractivity contribution in [2.24, 2.45) is 0 Å². The van der Waals surface area contributed by atoms with Crippen LogP contribution < -0.4 is 9.47 Å². The van der Waals surface area contributed by atoms with E-state index in [4.69, 9.17) is 46.2 Å². The van der Waals surface area contributed by atoms with E-state index < -0.39 is 29.7 Å². The van der Waals surface area contributed by atoms with E-state index in [1.807, 2.05) is 0 Å². The Morgan fingerprint density at radius 2 is 1.12 bits per heavy atom. The number of carbonyl (C=O) groups is 2. The average Bonchev–Trinajstić information content (AvgIpc) is 3.87. The summed E-state index contributed by atoms with van der Waals surface area (Å²) in [6.45, 7) is 12.5. The first kappa shape index (κ1) is 45.8. The molecule has 0 spiro atoms. The molecule has 2 aromatic heterocycles. The van der Waals surface area contributed by atoms with Crippen LogP contribution in [-0.2, 0) is 4.74 Å². The molecular weight excluding hydrogens is 889 g/mol. The van der Waals surface area contributed by atoms with E-state index in [9.17, 15) is 13.6 Å². The maximum absolute atomic E-state index is 15.1. The summed E-state index contributed by atoms with van der Waals surface area (Å²) in [5, 5.41) is 1.90. The quantitative estimate of drug-likeness (QED) is 0.133. The highest BCUT2D eigenvalue weighted by atomic mass is 35.5. The summed E-state index contributed by atoms with van der Waals surface area (Å²) >= 11 is 13.9. The minimum atomic E-state index is -0.888. The van der Waals surface area contributed by atoms with E-state index in [0.717, 1.165) is 51.9 Å². The van der Waals surface area contributed by atoms with Gasteiger partial charge in [-0.1, -0.05) is 47.5 Å². The molecule has 0 radical (unpaired) electrons. The number of furan rings is 2. The zero-order chi connectivity index (χ0) is 46.4. The SMILES string of the molecule is COC(=O)N1CCN(C(=O)c2oc3cc(OC4CCN(C(C)C)CC4)c(Cl)cc3c2-c2ccc(F)cc2)CC1c1oc2cc(OC3CCN(C(C)C)CC3)c(Cl)cc2c1-c1ccc(F)cc1. The number of amides is 2. The molecule has 2 amide bonds. The van der Waals surface area contributed by atoms with E-state index in [2.05, 4.69) is 37.5 Å². The van der Waals surface area contributed by atoms with E-state index >= 15 is 4.79 Å². The Morgan fingerprint density at radius 1 is 0.652 bits per heavy atom. The molecule has 15 heteroatoms. The van der Waals surface area contributed by atoms with E-state index in [0.29, 0.717) is 83.6 Å². The zero-order valence-electron chi connectivity index (χ0n) is 37.8. The summed E-state index contributed by atoms with van der Waals surface area (Å²) in [4.78, 5) is 36.6. The Hall–Kier alpha value is -5.34. The molecule has 0 N–H and O–H groups in total. The standard InChI is InChI=1S/C51H54Cl2F2N4O7/c1-29(2)56-18-14-35(15-19-56)63-44-26-42-37(24-39(44)52)46(31-6-10-33(54)11-7-31)48(65-42)41-28-58(22-23-59(41)51(61)62-5)50(60)49-47(32-8-12-34(55)13-9-32)38-25-40(53)45(27-43(38)66-49)64-36-16-20-57(21-17-36)30(3)4/h6-13,24-27,29-30,35-36,41H,14-23,28H2,1-5H3. The minimum Gasteiger partial charge on any atom is -0.489 e. The van der Waals surface area contributed by atoms with Crippen LogP contribution in [0.5, 0.6) is 11.5 Å². The lowest BCUT2D eigenvalue weighted by molar-refractivity contribution is 0.0374. The molecule has 0 bridgehead atoms. The van der Waals surface area contributed by atoms with Crippen LogP contribution in [0.2, 0.25) is 10.0 Å². The third-order valence-electron chi connectivity index (χ3n) is 13.4. The first-order chi connectivity index (χ1) is 31.8. The second-order valence-corrected chi connectivity index (χ2v) is 18.9. The second-order valence-electron chi connectivity index (χ2n) is 18.0. The highest BCUT2D eigenvalue weighted by molar-refractivity contribution is 6.33. The lowest BCUT2D eigenvalue weighted by atomic mass is 9.96. The van der Waals surface area contributed by atoms with Gasteiger partial charge in [0, 0.05) is 91.9 Å². The predicted molar refractivity (Wildman–Crippen MR) is 252 cm³/mol. The second kappa shape index (κ2) is 19.1. The van der Waals surface area contributed by atoms with Crippen LogP contribution in [0.25, 0.3) is 44.2 Å². The number of halogens is 4. The smallest absolute Gasteiger partial charge is 0.410 e. The number of likely N-dealkylation sites (tertiary alicyclic amines) is 2. The van der Waals surface area contributed by atoms with Gasteiger partial charge in [0.05, 0.1) is 17.2 Å². The van der Waals surface area contributed by atoms with Gasteiger partial charge in [-0.15, -0.1) is 0 Å². The molecule has 3 aliphatic heterocycles. The van der Waals surface area contributed by atoms with Crippen LogP contribution in [0.1, 0.15) is 75.7 Å². The number of piperazine rings is 1. The maximum atomic E-state index is 15.1. The fraction of sp³-hybridized carbons (Fsp3) is 0.412. The molecule has 1 atom stereocenters. The Balaban J connectivity index is 1.09. The number of benzene rings is 4. The third kappa shape index (κ3) is 9.19. The van der Waals surface area contributed by atoms with Crippen molar-refractivity contribution in [3.05, 3.63) is 106 Å². The van der Waals surface area contributed by atoms with Gasteiger partial charge in [-0.05, 0) is 101 Å². The Kier molecular flexibility index (Phi) is 13.3. The van der Waals surface area contributed by atoms with Gasteiger partial charge in [0.15, 0.2) is 0 Å². The van der Waals surface area contributed by atoms with Crippen molar-refractivity contribution in [3.8, 4) is 33.8 Å². The molecule has 4 aromatic carbocycles. The van der Waals surface area contributed by atoms with Crippen LogP contribution in [0.4, 0.5) is 13.6 Å². The first-order valence-corrected chi connectivity index (χ1v) is 23.5. The van der Waals surface area contributed by atoms with Crippen LogP contribution in [0.15, 0.2) is 81.6 Å². The Morgan fingerprint density at radius 3 is 1.61 bits per heavy atom. The molecule has 5 heterocycles. The highest BCUT2D eigenvalue weighted by Gasteiger charge is 2.40. The number of fused-ring (bicyclic) bond motifs is 2. The van der Waals surface area contributed by atoms with Crippen molar-refractivity contribution in [2.75, 3.05) is 52.9 Å². The number of rotatable bonds is 10. The molecule has 3 aliphatic rings. The molecule has 3 saturated heterocycles. The normalized spacial score (nSPS) is 18.3. The number of methoxy groups -OCH3 is 1. The molecule has 0 saturated carbocycles. The molecule has 1 unspecified atom stereocenters. The average molecular weight is 944 g/mol. The van der Waals surface area contributed by atoms with E-state index in [-0.39, 0.29) is 37.6 Å². The summed E-state index contributed by atoms with van der Waals surface area (Å²) in [5.74, 6) is -0.0710. The number of nitrogens with zero attached hydrogens (tertiary/aromatic N) is 4. The summed E-state index contributed by atoms with van der Waals surface area (Å²) < 4.78 is 60.3. The van der Waals surface area contributed by atoms with Crippen LogP contribution in [0.3, 0.4) is 0 Å². The van der Waals surface area contributed by atoms with E-state index in [1.54, 1.807) is 53.4 Å². The minimum absolute atomic E-state index is 0.0106. The van der Waals surface area contributed by atoms with Crippen LogP contribution >= 0.6 is 23.2 Å². The Bertz CT molecular complexity index is 2720. The van der Waals surface area contributed by atoms with Gasteiger partial charge in [-0.2, -0.15) is 0 Å². The van der Waals surface area contributed by atoms with Crippen molar-refractivity contribution in [3.63, 3.8) is 0 Å². The molecule has 348 valence electrons. The number of hydrogen-bond donors (Lipinski definition) is 0. The summed E-state index contributed by atoms with van der Waals surface area (Å²) in [6.07, 6.45) is 2.63. The van der Waals surface area contributed by atoms with E-state index in [1.165, 1.54) is 36.3 Å². The largest absolute Gasteiger partial charge is 0.489 e. The lowest BCUT2D eigenvalue weighted by Gasteiger charge is -2.39. The van der Waals surface area contributed by atoms with Crippen molar-refractivity contribution in [1.29, 1.82) is 0 Å². The summed E-state index contributed by atoms with van der Waals surface area (Å²) in [6, 6.07) is 18.8. The van der Waals surface area contributed by atoms with Gasteiger partial charge in [0.2, 0.25) is 5.76 Å². The topological polar surface area (TPSA) is 101 Å². The van der Waals surface area contributed by atoms with Gasteiger partial charge < -0.3 is 37.7 Å². The summed E-state index contributed by atoms with van der Waals surface area (Å²) in [5.41, 5.74) is 2.98. The summed E-state index contributed by atoms with van der Waals surface area (Å²) in [7, 11) is 1.30. The maximum Gasteiger partial charge on any atom is 0.410 e. The first-order valence-electron chi connectivity index (χ1n) is 22.7. The number of carbonyl (C=O) groups excluding carboxylic acids is 2. The van der Waals surface area contributed by atoms with Gasteiger partial charge in [-0.3, -0.25) is 9.69 Å². The van der Waals surface area contributed by atoms with Crippen molar-refractivity contribution in [1.82, 2.24) is 19.6 Å². The van der Waals surface area contributed by atoms with Gasteiger partial charge >= 0.3 is 6.09 Å². The molecule has 9 rings (SSSR count). The highest BCUT2D eigenvalue weighted by Crippen LogP contribution is 2.46. The monoisotopic (exact) mass is 942 g/mol.